The van der Waals surface area contributed by atoms with Crippen LogP contribution in [0.25, 0.3) is 0 Å². The van der Waals surface area contributed by atoms with E-state index in [0.717, 1.165) is 6.42 Å². The van der Waals surface area contributed by atoms with Crippen molar-refractivity contribution in [3.8, 4) is 0 Å². The molecular formula is C29H38ClN3O4S. The number of amides is 3. The van der Waals surface area contributed by atoms with Crippen molar-refractivity contribution >= 4 is 46.8 Å². The fourth-order valence-electron chi connectivity index (χ4n) is 6.79. The zero-order valence-corrected chi connectivity index (χ0v) is 24.1. The van der Waals surface area contributed by atoms with Gasteiger partial charge in [-0.1, -0.05) is 56.7 Å². The summed E-state index contributed by atoms with van der Waals surface area (Å²) < 4.78 is -0.794. The highest BCUT2D eigenvalue weighted by Crippen LogP contribution is 2.69. The first kappa shape index (κ1) is 28.7. The van der Waals surface area contributed by atoms with Crippen molar-refractivity contribution in [1.29, 1.82) is 0 Å². The summed E-state index contributed by atoms with van der Waals surface area (Å²) in [5.41, 5.74) is 0.542. The first-order valence-corrected chi connectivity index (χ1v) is 14.5. The van der Waals surface area contributed by atoms with Crippen molar-refractivity contribution in [1.82, 2.24) is 9.80 Å². The molecular weight excluding hydrogens is 522 g/mol. The van der Waals surface area contributed by atoms with Gasteiger partial charge in [0.05, 0.1) is 39.9 Å². The van der Waals surface area contributed by atoms with Crippen molar-refractivity contribution in [2.24, 2.45) is 23.7 Å². The lowest BCUT2D eigenvalue weighted by molar-refractivity contribution is -0.145. The van der Waals surface area contributed by atoms with E-state index in [1.807, 2.05) is 19.9 Å². The highest BCUT2D eigenvalue weighted by molar-refractivity contribution is 8.02. The van der Waals surface area contributed by atoms with Crippen LogP contribution in [0.4, 0.5) is 5.69 Å². The van der Waals surface area contributed by atoms with Gasteiger partial charge in [0.1, 0.15) is 6.04 Å². The Hall–Kier alpha value is -2.29. The summed E-state index contributed by atoms with van der Waals surface area (Å²) in [6.07, 6.45) is 4.05. The molecule has 7 nitrogen and oxygen atoms in total. The molecule has 1 aromatic carbocycles. The van der Waals surface area contributed by atoms with Crippen LogP contribution in [-0.4, -0.2) is 81.5 Å². The van der Waals surface area contributed by atoms with E-state index >= 15 is 0 Å². The van der Waals surface area contributed by atoms with Gasteiger partial charge < -0.3 is 19.8 Å². The first-order chi connectivity index (χ1) is 18.1. The minimum Gasteiger partial charge on any atom is -0.394 e. The van der Waals surface area contributed by atoms with Gasteiger partial charge >= 0.3 is 0 Å². The monoisotopic (exact) mass is 559 g/mol. The second-order valence-electron chi connectivity index (χ2n) is 11.0. The lowest BCUT2D eigenvalue weighted by Gasteiger charge is -2.43. The molecule has 2 bridgehead atoms. The third-order valence-corrected chi connectivity index (χ3v) is 10.9. The Morgan fingerprint density at radius 1 is 1.24 bits per heavy atom. The SMILES string of the molecule is C=CCN(C)C(=O)[C@@H]1[C@H]2C(=O)N([C@@H](CO)C(C)C)C(C(=O)N(CC=C)c3ccccc3Cl)C23S[C@@H]1CC3C. The van der Waals surface area contributed by atoms with Crippen LogP contribution in [-0.2, 0) is 14.4 Å². The lowest BCUT2D eigenvalue weighted by atomic mass is 9.65. The molecule has 1 spiro atoms. The molecule has 206 valence electrons. The average molecular weight is 560 g/mol. The van der Waals surface area contributed by atoms with Gasteiger partial charge in [0.15, 0.2) is 0 Å². The van der Waals surface area contributed by atoms with E-state index < -0.39 is 28.7 Å². The zero-order valence-electron chi connectivity index (χ0n) is 22.5. The molecule has 3 amide bonds. The number of anilines is 1. The third-order valence-electron chi connectivity index (χ3n) is 8.52. The molecule has 0 aliphatic carbocycles. The number of carbonyl (C=O) groups is 3. The molecule has 7 atom stereocenters. The molecule has 4 rings (SSSR count). The molecule has 3 unspecified atom stereocenters. The molecule has 0 radical (unpaired) electrons. The fourth-order valence-corrected chi connectivity index (χ4v) is 9.42. The van der Waals surface area contributed by atoms with Gasteiger partial charge in [0, 0.05) is 25.4 Å². The van der Waals surface area contributed by atoms with Gasteiger partial charge in [-0.2, -0.15) is 0 Å². The summed E-state index contributed by atoms with van der Waals surface area (Å²) in [7, 11) is 1.73. The normalized spacial score (nSPS) is 30.3. The second-order valence-corrected chi connectivity index (χ2v) is 12.9. The maximum atomic E-state index is 14.7. The smallest absolute Gasteiger partial charge is 0.251 e. The van der Waals surface area contributed by atoms with Crippen LogP contribution in [0.3, 0.4) is 0 Å². The topological polar surface area (TPSA) is 81.2 Å². The van der Waals surface area contributed by atoms with Crippen LogP contribution < -0.4 is 4.90 Å². The predicted octanol–water partition coefficient (Wildman–Crippen LogP) is 3.86. The Morgan fingerprint density at radius 2 is 1.89 bits per heavy atom. The van der Waals surface area contributed by atoms with Crippen LogP contribution in [0.5, 0.6) is 0 Å². The molecule has 3 saturated heterocycles. The summed E-state index contributed by atoms with van der Waals surface area (Å²) in [4.78, 5) is 47.6. The van der Waals surface area contributed by atoms with Crippen molar-refractivity contribution in [3.63, 3.8) is 0 Å². The van der Waals surface area contributed by atoms with Gasteiger partial charge in [-0.25, -0.2) is 0 Å². The van der Waals surface area contributed by atoms with Gasteiger partial charge in [0.2, 0.25) is 11.8 Å². The largest absolute Gasteiger partial charge is 0.394 e. The van der Waals surface area contributed by atoms with E-state index in [1.54, 1.807) is 63.9 Å². The number of para-hydroxylation sites is 1. The number of thioether (sulfide) groups is 1. The Kier molecular flexibility index (Phi) is 8.36. The van der Waals surface area contributed by atoms with E-state index in [2.05, 4.69) is 20.1 Å². The number of carbonyl (C=O) groups excluding carboxylic acids is 3. The van der Waals surface area contributed by atoms with Crippen molar-refractivity contribution in [3.05, 3.63) is 54.6 Å². The Morgan fingerprint density at radius 3 is 2.47 bits per heavy atom. The molecule has 3 aliphatic heterocycles. The second kappa shape index (κ2) is 11.1. The number of likely N-dealkylation sites (N-methyl/N-ethyl adjacent to an activating group) is 1. The van der Waals surface area contributed by atoms with Crippen LogP contribution >= 0.6 is 23.4 Å². The molecule has 0 aromatic heterocycles. The van der Waals surface area contributed by atoms with Gasteiger partial charge in [-0.15, -0.1) is 24.9 Å². The molecule has 0 saturated carbocycles. The van der Waals surface area contributed by atoms with Crippen LogP contribution in [0, 0.1) is 23.7 Å². The summed E-state index contributed by atoms with van der Waals surface area (Å²) >= 11 is 8.17. The number of aliphatic hydroxyl groups excluding tert-OH is 1. The van der Waals surface area contributed by atoms with Gasteiger partial charge in [-0.05, 0) is 30.4 Å². The third kappa shape index (κ3) is 4.29. The number of nitrogens with zero attached hydrogens (tertiary/aromatic N) is 3. The minimum absolute atomic E-state index is 0.0162. The van der Waals surface area contributed by atoms with Crippen LogP contribution in [0.15, 0.2) is 49.6 Å². The molecule has 9 heteroatoms. The Balaban J connectivity index is 1.88. The lowest BCUT2D eigenvalue weighted by Crippen LogP contribution is -2.60. The maximum Gasteiger partial charge on any atom is 0.251 e. The summed E-state index contributed by atoms with van der Waals surface area (Å²) in [6.45, 7) is 13.9. The number of hydrogen-bond donors (Lipinski definition) is 1. The standard InChI is InChI=1S/C29H38ClN3O4S/c1-7-13-31(6)26(35)23-22-15-18(5)29(38-22)24(23)27(36)33(21(16-34)17(3)4)25(29)28(37)32(14-8-2)20-12-10-9-11-19(20)30/h7-12,17-18,21-25,34H,1-2,13-16H2,3-6H3/t18?,21-,22+,23-,24-,25?,29?/m0/s1. The number of aliphatic hydroxyl groups is 1. The number of likely N-dealkylation sites (tertiary alicyclic amines) is 1. The number of halogens is 1. The summed E-state index contributed by atoms with van der Waals surface area (Å²) in [5.74, 6) is -1.85. The van der Waals surface area contributed by atoms with E-state index in [1.165, 1.54) is 0 Å². The van der Waals surface area contributed by atoms with E-state index in [4.69, 9.17) is 11.6 Å². The van der Waals surface area contributed by atoms with E-state index in [0.29, 0.717) is 17.3 Å². The number of rotatable bonds is 10. The quantitative estimate of drug-likeness (QED) is 0.440. The summed E-state index contributed by atoms with van der Waals surface area (Å²) in [6, 6.07) is 5.70. The molecule has 3 heterocycles. The molecule has 3 aliphatic rings. The van der Waals surface area contributed by atoms with E-state index in [-0.39, 0.29) is 48.0 Å². The molecule has 1 aromatic rings. The van der Waals surface area contributed by atoms with Crippen molar-refractivity contribution in [2.75, 3.05) is 31.6 Å². The minimum atomic E-state index is -0.858. The highest BCUT2D eigenvalue weighted by atomic mass is 35.5. The average Bonchev–Trinajstić information content (AvgIpc) is 3.47. The number of benzene rings is 1. The Bertz CT molecular complexity index is 1130. The highest BCUT2D eigenvalue weighted by Gasteiger charge is 2.77. The van der Waals surface area contributed by atoms with Crippen LogP contribution in [0.2, 0.25) is 5.02 Å². The molecule has 3 fully saturated rings. The zero-order chi connectivity index (χ0) is 27.9. The predicted molar refractivity (Wildman–Crippen MR) is 153 cm³/mol. The first-order valence-electron chi connectivity index (χ1n) is 13.2. The van der Waals surface area contributed by atoms with E-state index in [9.17, 15) is 19.5 Å². The Labute approximate surface area is 234 Å². The molecule has 1 N–H and O–H groups in total. The van der Waals surface area contributed by atoms with Crippen molar-refractivity contribution in [2.45, 2.75) is 49.3 Å². The fraction of sp³-hybridized carbons (Fsp3) is 0.552. The van der Waals surface area contributed by atoms with Gasteiger partial charge in [-0.3, -0.25) is 14.4 Å². The van der Waals surface area contributed by atoms with Gasteiger partial charge in [0.25, 0.3) is 5.91 Å². The molecule has 38 heavy (non-hydrogen) atoms. The number of fused-ring (bicyclic) bond motifs is 1. The van der Waals surface area contributed by atoms with Crippen LogP contribution in [0.1, 0.15) is 27.2 Å². The number of hydrogen-bond acceptors (Lipinski definition) is 5. The summed E-state index contributed by atoms with van der Waals surface area (Å²) in [5, 5.41) is 10.8. The maximum absolute atomic E-state index is 14.7. The van der Waals surface area contributed by atoms with Crippen molar-refractivity contribution < 1.29 is 19.5 Å².